The number of nitrogens with one attached hydrogen (secondary N) is 1. The van der Waals surface area contributed by atoms with Gasteiger partial charge in [-0.15, -0.1) is 0 Å². The van der Waals surface area contributed by atoms with E-state index in [2.05, 4.69) is 10.3 Å². The Balaban J connectivity index is 1.61. The number of hydrogen-bond donors (Lipinski definition) is 2. The molecule has 1 amide bonds. The van der Waals surface area contributed by atoms with Crippen LogP contribution in [0, 0.1) is 16.0 Å². The van der Waals surface area contributed by atoms with Crippen molar-refractivity contribution in [2.75, 3.05) is 23.3 Å². The van der Waals surface area contributed by atoms with Crippen molar-refractivity contribution in [1.29, 1.82) is 0 Å². The van der Waals surface area contributed by atoms with Crippen LogP contribution >= 0.6 is 0 Å². The summed E-state index contributed by atoms with van der Waals surface area (Å²) in [6, 6.07) is 5.61. The van der Waals surface area contributed by atoms with Gasteiger partial charge in [0, 0.05) is 31.7 Å². The van der Waals surface area contributed by atoms with Crippen molar-refractivity contribution in [3.8, 4) is 0 Å². The van der Waals surface area contributed by atoms with E-state index < -0.39 is 14.9 Å². The van der Waals surface area contributed by atoms with E-state index in [1.54, 1.807) is 11.6 Å². The van der Waals surface area contributed by atoms with Gasteiger partial charge in [-0.3, -0.25) is 9.36 Å². The molecule has 150 valence electrons. The second-order valence-electron chi connectivity index (χ2n) is 6.58. The predicted molar refractivity (Wildman–Crippen MR) is 101 cm³/mol. The van der Waals surface area contributed by atoms with Gasteiger partial charge in [0.05, 0.1) is 4.90 Å². The lowest BCUT2D eigenvalue weighted by Gasteiger charge is -2.32. The van der Waals surface area contributed by atoms with Crippen molar-refractivity contribution >= 4 is 33.3 Å². The van der Waals surface area contributed by atoms with E-state index in [0.717, 1.165) is 0 Å². The van der Waals surface area contributed by atoms with Gasteiger partial charge in [0.1, 0.15) is 0 Å². The van der Waals surface area contributed by atoms with E-state index in [1.165, 1.54) is 30.6 Å². The lowest BCUT2D eigenvalue weighted by molar-refractivity contribution is -0.388. The molecule has 0 unspecified atom stereocenters. The van der Waals surface area contributed by atoms with Crippen LogP contribution in [0.25, 0.3) is 0 Å². The molecule has 1 aromatic carbocycles. The molecule has 0 aliphatic carbocycles. The monoisotopic (exact) mass is 408 g/mol. The number of imidazole rings is 1. The molecular weight excluding hydrogens is 388 g/mol. The zero-order valence-corrected chi connectivity index (χ0v) is 15.9. The first-order valence-corrected chi connectivity index (χ1v) is 10.1. The molecule has 3 rings (SSSR count). The predicted octanol–water partition coefficient (Wildman–Crippen LogP) is 0.831. The fraction of sp³-hybridized carbons (Fsp3) is 0.375. The summed E-state index contributed by atoms with van der Waals surface area (Å²) in [7, 11) is -2.09. The number of hydrogen-bond acceptors (Lipinski definition) is 7. The van der Waals surface area contributed by atoms with Gasteiger partial charge in [-0.1, -0.05) is 0 Å². The number of nitrogens with zero attached hydrogens (tertiary/aromatic N) is 4. The van der Waals surface area contributed by atoms with Gasteiger partial charge in [0.25, 0.3) is 0 Å². The summed E-state index contributed by atoms with van der Waals surface area (Å²) in [5.41, 5.74) is 0.474. The molecule has 3 N–H and O–H groups in total. The summed E-state index contributed by atoms with van der Waals surface area (Å²) in [5, 5.41) is 18.9. The first-order valence-electron chi connectivity index (χ1n) is 8.51. The maximum atomic E-state index is 12.5. The number of piperidine rings is 1. The molecule has 0 atom stereocenters. The van der Waals surface area contributed by atoms with E-state index in [0.29, 0.717) is 37.4 Å². The van der Waals surface area contributed by atoms with E-state index >= 15 is 0 Å². The summed E-state index contributed by atoms with van der Waals surface area (Å²) < 4.78 is 24.1. The van der Waals surface area contributed by atoms with E-state index in [-0.39, 0.29) is 22.5 Å². The summed E-state index contributed by atoms with van der Waals surface area (Å²) in [6.45, 7) is 0.978. The number of rotatable bonds is 5. The number of aryl methyl sites for hydroxylation is 1. The molecular formula is C16H20N6O5S. The van der Waals surface area contributed by atoms with Crippen LogP contribution in [0.15, 0.2) is 35.5 Å². The quantitative estimate of drug-likeness (QED) is 0.548. The van der Waals surface area contributed by atoms with Crippen LogP contribution < -0.4 is 15.4 Å². The molecule has 0 radical (unpaired) electrons. The Kier molecular flexibility index (Phi) is 5.34. The molecule has 1 fully saturated rings. The number of benzene rings is 1. The second-order valence-corrected chi connectivity index (χ2v) is 8.14. The molecule has 1 saturated heterocycles. The molecule has 0 spiro atoms. The SMILES string of the molecule is Cn1cnc([N+](=O)[O-])c1N1CCC(C(=O)Nc2ccc(S(N)(=O)=O)cc2)CC1. The van der Waals surface area contributed by atoms with Crippen LogP contribution in [0.3, 0.4) is 0 Å². The van der Waals surface area contributed by atoms with Gasteiger partial charge in [-0.05, 0) is 47.0 Å². The molecule has 28 heavy (non-hydrogen) atoms. The number of aromatic nitrogens is 2. The molecule has 0 bridgehead atoms. The fourth-order valence-electron chi connectivity index (χ4n) is 3.23. The third-order valence-corrected chi connectivity index (χ3v) is 5.61. The number of amides is 1. The van der Waals surface area contributed by atoms with Gasteiger partial charge < -0.3 is 20.3 Å². The van der Waals surface area contributed by atoms with Gasteiger partial charge in [-0.25, -0.2) is 13.6 Å². The van der Waals surface area contributed by atoms with Crippen LogP contribution in [-0.4, -0.2) is 41.9 Å². The molecule has 0 saturated carbocycles. The average Bonchev–Trinajstić information content (AvgIpc) is 3.03. The van der Waals surface area contributed by atoms with Crippen molar-refractivity contribution in [3.63, 3.8) is 0 Å². The number of nitrogens with two attached hydrogens (primary N) is 1. The maximum absolute atomic E-state index is 12.5. The second kappa shape index (κ2) is 7.56. The summed E-state index contributed by atoms with van der Waals surface area (Å²) in [6.07, 6.45) is 2.46. The highest BCUT2D eigenvalue weighted by Crippen LogP contribution is 2.30. The van der Waals surface area contributed by atoms with Gasteiger partial charge in [0.2, 0.25) is 28.1 Å². The molecule has 12 heteroatoms. The van der Waals surface area contributed by atoms with Crippen molar-refractivity contribution < 1.29 is 18.1 Å². The van der Waals surface area contributed by atoms with Crippen molar-refractivity contribution in [2.24, 2.45) is 18.1 Å². The number of carbonyl (C=O) groups is 1. The lowest BCUT2D eigenvalue weighted by atomic mass is 9.96. The van der Waals surface area contributed by atoms with Gasteiger partial charge in [0.15, 0.2) is 0 Å². The maximum Gasteiger partial charge on any atom is 0.406 e. The number of nitro groups is 1. The summed E-state index contributed by atoms with van der Waals surface area (Å²) in [5.74, 6) is -0.188. The topological polar surface area (TPSA) is 153 Å². The molecule has 2 aromatic rings. The Morgan fingerprint density at radius 1 is 1.29 bits per heavy atom. The minimum atomic E-state index is -3.78. The highest BCUT2D eigenvalue weighted by atomic mass is 32.2. The first kappa shape index (κ1) is 19.8. The first-order chi connectivity index (χ1) is 13.2. The highest BCUT2D eigenvalue weighted by Gasteiger charge is 2.31. The van der Waals surface area contributed by atoms with E-state index in [4.69, 9.17) is 5.14 Å². The van der Waals surface area contributed by atoms with Crippen molar-refractivity contribution in [3.05, 3.63) is 40.7 Å². The van der Waals surface area contributed by atoms with Crippen LogP contribution in [-0.2, 0) is 21.9 Å². The van der Waals surface area contributed by atoms with Crippen LogP contribution in [0.1, 0.15) is 12.8 Å². The Labute approximate surface area is 161 Å². The van der Waals surface area contributed by atoms with Gasteiger partial charge in [-0.2, -0.15) is 0 Å². The third kappa shape index (κ3) is 4.12. The summed E-state index contributed by atoms with van der Waals surface area (Å²) in [4.78, 5) is 28.7. The lowest BCUT2D eigenvalue weighted by Crippen LogP contribution is -2.39. The molecule has 1 aliphatic heterocycles. The fourth-order valence-corrected chi connectivity index (χ4v) is 3.75. The smallest absolute Gasteiger partial charge is 0.358 e. The standard InChI is InChI=1S/C16H20N6O5S/c1-20-10-18-14(22(24)25)16(20)21-8-6-11(7-9-21)15(23)19-12-2-4-13(5-3-12)28(17,26)27/h2-5,10-11H,6-9H2,1H3,(H,19,23)(H2,17,26,27). The number of carbonyl (C=O) groups excluding carboxylic acids is 1. The van der Waals surface area contributed by atoms with Crippen molar-refractivity contribution in [1.82, 2.24) is 9.55 Å². The highest BCUT2D eigenvalue weighted by molar-refractivity contribution is 7.89. The molecule has 1 aliphatic rings. The van der Waals surface area contributed by atoms with Crippen LogP contribution in [0.5, 0.6) is 0 Å². The minimum absolute atomic E-state index is 0.0309. The normalized spacial score (nSPS) is 15.4. The minimum Gasteiger partial charge on any atom is -0.358 e. The van der Waals surface area contributed by atoms with Gasteiger partial charge >= 0.3 is 5.82 Å². The molecule has 1 aromatic heterocycles. The zero-order valence-electron chi connectivity index (χ0n) is 15.1. The van der Waals surface area contributed by atoms with Crippen LogP contribution in [0.2, 0.25) is 0 Å². The Morgan fingerprint density at radius 3 is 2.43 bits per heavy atom. The Bertz CT molecular complexity index is 993. The number of sulfonamides is 1. The Morgan fingerprint density at radius 2 is 1.89 bits per heavy atom. The van der Waals surface area contributed by atoms with Crippen LogP contribution in [0.4, 0.5) is 17.3 Å². The number of primary sulfonamides is 1. The van der Waals surface area contributed by atoms with E-state index in [9.17, 15) is 23.3 Å². The summed E-state index contributed by atoms with van der Waals surface area (Å²) >= 11 is 0. The zero-order chi connectivity index (χ0) is 20.5. The van der Waals surface area contributed by atoms with Crippen molar-refractivity contribution in [2.45, 2.75) is 17.7 Å². The average molecular weight is 408 g/mol. The third-order valence-electron chi connectivity index (χ3n) is 4.68. The molecule has 2 heterocycles. The largest absolute Gasteiger partial charge is 0.406 e. The van der Waals surface area contributed by atoms with E-state index in [1.807, 2.05) is 4.90 Å². The Hall–Kier alpha value is -2.99. The number of anilines is 2. The molecule has 11 nitrogen and oxygen atoms in total.